The molecule has 0 bridgehead atoms. The van der Waals surface area contributed by atoms with E-state index in [1.165, 1.54) is 17.3 Å². The number of nitrogens with zero attached hydrogens (tertiary/aromatic N) is 4. The molecule has 0 unspecified atom stereocenters. The van der Waals surface area contributed by atoms with Crippen LogP contribution in [0.4, 0.5) is 19.1 Å². The number of alkyl halides is 3. The summed E-state index contributed by atoms with van der Waals surface area (Å²) in [7, 11) is 1.77. The van der Waals surface area contributed by atoms with Gasteiger partial charge in [-0.15, -0.1) is 11.3 Å². The van der Waals surface area contributed by atoms with E-state index in [9.17, 15) is 18.0 Å². The summed E-state index contributed by atoms with van der Waals surface area (Å²) >= 11 is 2.31. The maximum atomic E-state index is 13.4. The van der Waals surface area contributed by atoms with Crippen LogP contribution in [0.2, 0.25) is 0 Å². The zero-order valence-corrected chi connectivity index (χ0v) is 18.1. The first-order valence-electron chi connectivity index (χ1n) is 9.19. The van der Waals surface area contributed by atoms with E-state index in [-0.39, 0.29) is 28.4 Å². The highest BCUT2D eigenvalue weighted by Crippen LogP contribution is 2.37. The van der Waals surface area contributed by atoms with Crippen LogP contribution in [-0.4, -0.2) is 51.3 Å². The Hall–Kier alpha value is -2.58. The monoisotopic (exact) mass is 474 g/mol. The Labute approximate surface area is 184 Å². The summed E-state index contributed by atoms with van der Waals surface area (Å²) in [6, 6.07) is -0.00610. The summed E-state index contributed by atoms with van der Waals surface area (Å²) in [4.78, 5) is 23.1. The molecule has 9 nitrogen and oxygen atoms in total. The van der Waals surface area contributed by atoms with E-state index in [0.29, 0.717) is 5.03 Å². The SMILES string of the molecule is CN/C=C(\N)SN1CCC(Nc2ncc(C(F)(F)F)c(-c3nc(C(N)=O)cs3)n2)CC1. The van der Waals surface area contributed by atoms with Gasteiger partial charge in [-0.05, 0) is 24.8 Å². The van der Waals surface area contributed by atoms with Crippen LogP contribution in [0.25, 0.3) is 10.7 Å². The lowest BCUT2D eigenvalue weighted by Crippen LogP contribution is -2.36. The zero-order chi connectivity index (χ0) is 22.6. The van der Waals surface area contributed by atoms with Crippen LogP contribution in [-0.2, 0) is 6.18 Å². The summed E-state index contributed by atoms with van der Waals surface area (Å²) < 4.78 is 42.5. The number of nitrogens with two attached hydrogens (primary N) is 2. The number of anilines is 1. The molecule has 168 valence electrons. The summed E-state index contributed by atoms with van der Waals surface area (Å²) in [5.41, 5.74) is 9.50. The van der Waals surface area contributed by atoms with Gasteiger partial charge in [0.2, 0.25) is 5.95 Å². The number of thiazole rings is 1. The van der Waals surface area contributed by atoms with Crippen molar-refractivity contribution in [3.8, 4) is 10.7 Å². The molecule has 0 aliphatic carbocycles. The van der Waals surface area contributed by atoms with E-state index in [1.807, 2.05) is 0 Å². The van der Waals surface area contributed by atoms with E-state index < -0.39 is 17.6 Å². The summed E-state index contributed by atoms with van der Waals surface area (Å²) in [6.45, 7) is 1.48. The first kappa shape index (κ1) is 23.1. The van der Waals surface area contributed by atoms with Gasteiger partial charge >= 0.3 is 6.18 Å². The Balaban J connectivity index is 1.74. The topological polar surface area (TPSA) is 135 Å². The summed E-state index contributed by atoms with van der Waals surface area (Å²) in [6.07, 6.45) is -0.764. The van der Waals surface area contributed by atoms with Gasteiger partial charge in [0.05, 0.1) is 5.03 Å². The van der Waals surface area contributed by atoms with Gasteiger partial charge in [0.25, 0.3) is 5.91 Å². The van der Waals surface area contributed by atoms with Crippen LogP contribution in [0.3, 0.4) is 0 Å². The second-order valence-corrected chi connectivity index (χ2v) is 8.66. The third-order valence-electron chi connectivity index (χ3n) is 4.36. The average Bonchev–Trinajstić information content (AvgIpc) is 3.19. The number of halogens is 3. The van der Waals surface area contributed by atoms with Gasteiger partial charge < -0.3 is 22.1 Å². The maximum absolute atomic E-state index is 13.4. The van der Waals surface area contributed by atoms with Crippen LogP contribution >= 0.6 is 23.3 Å². The number of carbonyl (C=O) groups excluding carboxylic acids is 1. The lowest BCUT2D eigenvalue weighted by Gasteiger charge is -2.31. The maximum Gasteiger partial charge on any atom is 0.420 e. The first-order valence-corrected chi connectivity index (χ1v) is 10.8. The molecule has 3 heterocycles. The van der Waals surface area contributed by atoms with Gasteiger partial charge in [-0.25, -0.2) is 19.3 Å². The molecule has 0 saturated carbocycles. The number of carbonyl (C=O) groups is 1. The molecule has 3 rings (SSSR count). The first-order chi connectivity index (χ1) is 14.7. The van der Waals surface area contributed by atoms with Gasteiger partial charge in [-0.1, -0.05) is 0 Å². The quantitative estimate of drug-likeness (QED) is 0.446. The number of hydrogen-bond donors (Lipinski definition) is 4. The molecule has 6 N–H and O–H groups in total. The molecule has 1 saturated heterocycles. The Bertz CT molecular complexity index is 957. The number of rotatable bonds is 7. The van der Waals surface area contributed by atoms with Crippen molar-refractivity contribution in [2.24, 2.45) is 11.5 Å². The fourth-order valence-electron chi connectivity index (χ4n) is 2.91. The fourth-order valence-corrected chi connectivity index (χ4v) is 4.58. The van der Waals surface area contributed by atoms with Crippen molar-refractivity contribution in [2.45, 2.75) is 25.1 Å². The normalized spacial score (nSPS) is 16.3. The molecular weight excluding hydrogens is 453 g/mol. The molecule has 1 fully saturated rings. The van der Waals surface area contributed by atoms with E-state index in [1.54, 1.807) is 13.2 Å². The Morgan fingerprint density at radius 1 is 1.32 bits per heavy atom. The third kappa shape index (κ3) is 5.98. The number of aromatic nitrogens is 3. The minimum absolute atomic E-state index is 0.00610. The molecule has 1 aliphatic rings. The summed E-state index contributed by atoms with van der Waals surface area (Å²) in [5, 5.41) is 7.86. The number of nitrogens with one attached hydrogen (secondary N) is 2. The van der Waals surface area contributed by atoms with Gasteiger partial charge in [-0.3, -0.25) is 4.79 Å². The lowest BCUT2D eigenvalue weighted by molar-refractivity contribution is -0.137. The molecule has 31 heavy (non-hydrogen) atoms. The summed E-state index contributed by atoms with van der Waals surface area (Å²) in [5.74, 6) is -0.752. The standard InChI is InChI=1S/C17H21F3N8OS2/c1-23-7-12(21)31-28-4-2-9(3-5-28)25-16-24-6-10(17(18,19)20)13(27-16)15-26-11(8-30-15)14(22)29/h6-9,23H,2-5,21H2,1H3,(H2,22,29)(H,24,25,27)/b12-7+. The van der Waals surface area contributed by atoms with Crippen molar-refractivity contribution < 1.29 is 18.0 Å². The Morgan fingerprint density at radius 2 is 2.03 bits per heavy atom. The second-order valence-electron chi connectivity index (χ2n) is 6.63. The molecule has 0 atom stereocenters. The van der Waals surface area contributed by atoms with E-state index >= 15 is 0 Å². The smallest absolute Gasteiger partial charge is 0.392 e. The largest absolute Gasteiger partial charge is 0.420 e. The highest BCUT2D eigenvalue weighted by Gasteiger charge is 2.36. The molecule has 2 aromatic heterocycles. The predicted octanol–water partition coefficient (Wildman–Crippen LogP) is 2.22. The molecular formula is C17H21F3N8OS2. The van der Waals surface area contributed by atoms with Crippen molar-refractivity contribution in [1.82, 2.24) is 24.6 Å². The highest BCUT2D eigenvalue weighted by molar-refractivity contribution is 8.00. The van der Waals surface area contributed by atoms with Gasteiger partial charge in [0.15, 0.2) is 0 Å². The predicted molar refractivity (Wildman–Crippen MR) is 114 cm³/mol. The van der Waals surface area contributed by atoms with Crippen LogP contribution in [0.15, 0.2) is 22.8 Å². The third-order valence-corrected chi connectivity index (χ3v) is 6.16. The molecule has 14 heteroatoms. The molecule has 0 aromatic carbocycles. The number of hydrogen-bond acceptors (Lipinski definition) is 10. The zero-order valence-electron chi connectivity index (χ0n) is 16.4. The van der Waals surface area contributed by atoms with Crippen molar-refractivity contribution in [1.29, 1.82) is 0 Å². The van der Waals surface area contributed by atoms with Crippen molar-refractivity contribution in [2.75, 3.05) is 25.5 Å². The van der Waals surface area contributed by atoms with Crippen molar-refractivity contribution in [3.63, 3.8) is 0 Å². The number of amides is 1. The molecule has 2 aromatic rings. The van der Waals surface area contributed by atoms with Crippen molar-refractivity contribution >= 4 is 35.1 Å². The minimum Gasteiger partial charge on any atom is -0.392 e. The van der Waals surface area contributed by atoms with Crippen LogP contribution in [0.1, 0.15) is 28.9 Å². The Morgan fingerprint density at radius 3 is 2.61 bits per heavy atom. The van der Waals surface area contributed by atoms with Gasteiger partial charge in [0, 0.05) is 44.0 Å². The lowest BCUT2D eigenvalue weighted by atomic mass is 10.1. The Kier molecular flexibility index (Phi) is 7.23. The van der Waals surface area contributed by atoms with E-state index in [2.05, 4.69) is 29.9 Å². The highest BCUT2D eigenvalue weighted by atomic mass is 32.2. The fraction of sp³-hybridized carbons (Fsp3) is 0.412. The van der Waals surface area contributed by atoms with Crippen LogP contribution < -0.4 is 22.1 Å². The van der Waals surface area contributed by atoms with Crippen molar-refractivity contribution in [3.05, 3.63) is 34.1 Å². The molecule has 0 radical (unpaired) electrons. The molecule has 1 aliphatic heterocycles. The second kappa shape index (κ2) is 9.70. The minimum atomic E-state index is -4.67. The van der Waals surface area contributed by atoms with E-state index in [0.717, 1.165) is 43.5 Å². The molecule has 1 amide bonds. The number of piperidine rings is 1. The number of primary amides is 1. The van der Waals surface area contributed by atoms with Crippen LogP contribution in [0.5, 0.6) is 0 Å². The van der Waals surface area contributed by atoms with E-state index in [4.69, 9.17) is 11.5 Å². The van der Waals surface area contributed by atoms with Gasteiger partial charge in [0.1, 0.15) is 22.0 Å². The molecule has 0 spiro atoms. The van der Waals surface area contributed by atoms with Crippen LogP contribution in [0, 0.1) is 0 Å². The average molecular weight is 475 g/mol. The van der Waals surface area contributed by atoms with Gasteiger partial charge in [-0.2, -0.15) is 13.2 Å².